The first-order valence-corrected chi connectivity index (χ1v) is 7.42. The third-order valence-corrected chi connectivity index (χ3v) is 3.46. The Morgan fingerprint density at radius 1 is 1.25 bits per heavy atom. The third kappa shape index (κ3) is 4.31. The molecule has 0 aliphatic heterocycles. The molecule has 0 atom stereocenters. The van der Waals surface area contributed by atoms with Crippen LogP contribution in [0.4, 0.5) is 5.69 Å². The van der Waals surface area contributed by atoms with E-state index in [2.05, 4.69) is 11.2 Å². The van der Waals surface area contributed by atoms with Gasteiger partial charge < -0.3 is 14.8 Å². The summed E-state index contributed by atoms with van der Waals surface area (Å²) in [4.78, 5) is 12.0. The van der Waals surface area contributed by atoms with Gasteiger partial charge in [0, 0.05) is 17.3 Å². The number of halogens is 1. The van der Waals surface area contributed by atoms with Crippen molar-refractivity contribution in [3.8, 4) is 23.8 Å². The van der Waals surface area contributed by atoms with E-state index in [1.54, 1.807) is 42.5 Å². The molecule has 0 aromatic heterocycles. The van der Waals surface area contributed by atoms with Crippen molar-refractivity contribution in [3.63, 3.8) is 0 Å². The number of carbonyl (C=O) groups is 1. The van der Waals surface area contributed by atoms with E-state index in [1.807, 2.05) is 0 Å². The second-order valence-electron chi connectivity index (χ2n) is 4.79. The van der Waals surface area contributed by atoms with Crippen molar-refractivity contribution >= 4 is 29.3 Å². The van der Waals surface area contributed by atoms with E-state index in [4.69, 9.17) is 27.5 Å². The van der Waals surface area contributed by atoms with Crippen molar-refractivity contribution in [2.45, 2.75) is 0 Å². The molecule has 1 amide bonds. The number of amides is 1. The summed E-state index contributed by atoms with van der Waals surface area (Å²) in [6, 6.07) is 10.5. The Morgan fingerprint density at radius 3 is 2.71 bits per heavy atom. The first-order valence-electron chi connectivity index (χ1n) is 7.04. The molecule has 2 rings (SSSR count). The van der Waals surface area contributed by atoms with Crippen molar-refractivity contribution < 1.29 is 14.3 Å². The summed E-state index contributed by atoms with van der Waals surface area (Å²) in [7, 11) is 3.03. The molecule has 0 spiro atoms. The summed E-state index contributed by atoms with van der Waals surface area (Å²) in [6.07, 6.45) is 8.37. The lowest BCUT2D eigenvalue weighted by molar-refractivity contribution is -0.111. The van der Waals surface area contributed by atoms with Gasteiger partial charge in [0.15, 0.2) is 11.5 Å². The fourth-order valence-electron chi connectivity index (χ4n) is 2.08. The van der Waals surface area contributed by atoms with Gasteiger partial charge in [0.1, 0.15) is 0 Å². The first-order chi connectivity index (χ1) is 11.6. The minimum absolute atomic E-state index is 0.282. The van der Waals surface area contributed by atoms with Crippen LogP contribution in [0.3, 0.4) is 0 Å². The molecule has 0 unspecified atom stereocenters. The molecule has 5 heteroatoms. The fourth-order valence-corrected chi connectivity index (χ4v) is 2.37. The highest BCUT2D eigenvalue weighted by atomic mass is 35.5. The van der Waals surface area contributed by atoms with Crippen LogP contribution in [0.15, 0.2) is 42.5 Å². The zero-order valence-corrected chi connectivity index (χ0v) is 14.1. The van der Waals surface area contributed by atoms with Crippen LogP contribution in [-0.2, 0) is 4.79 Å². The molecular weight excluding hydrogens is 326 g/mol. The molecule has 24 heavy (non-hydrogen) atoms. The Hall–Kier alpha value is -2.90. The van der Waals surface area contributed by atoms with Crippen molar-refractivity contribution in [2.75, 3.05) is 19.5 Å². The summed E-state index contributed by atoms with van der Waals surface area (Å²) in [5, 5.41) is 3.14. The molecule has 122 valence electrons. The first kappa shape index (κ1) is 17.5. The van der Waals surface area contributed by atoms with Crippen molar-refractivity contribution in [2.24, 2.45) is 0 Å². The molecule has 0 radical (unpaired) electrons. The second-order valence-corrected chi connectivity index (χ2v) is 5.19. The van der Waals surface area contributed by atoms with Crippen LogP contribution in [0.1, 0.15) is 11.1 Å². The summed E-state index contributed by atoms with van der Waals surface area (Å²) in [5.74, 6) is 3.18. The van der Waals surface area contributed by atoms with Crippen molar-refractivity contribution in [1.82, 2.24) is 0 Å². The number of methoxy groups -OCH3 is 2. The molecule has 0 heterocycles. The summed E-state index contributed by atoms with van der Waals surface area (Å²) in [6.45, 7) is 0. The van der Waals surface area contributed by atoms with Gasteiger partial charge in [-0.25, -0.2) is 0 Å². The van der Waals surface area contributed by atoms with Gasteiger partial charge in [0.2, 0.25) is 5.91 Å². The van der Waals surface area contributed by atoms with Crippen molar-refractivity contribution in [3.05, 3.63) is 58.6 Å². The third-order valence-electron chi connectivity index (χ3n) is 3.18. The van der Waals surface area contributed by atoms with Gasteiger partial charge in [-0.3, -0.25) is 4.79 Å². The van der Waals surface area contributed by atoms with Crippen LogP contribution >= 0.6 is 11.6 Å². The molecule has 0 aliphatic rings. The van der Waals surface area contributed by atoms with Crippen molar-refractivity contribution in [1.29, 1.82) is 0 Å². The van der Waals surface area contributed by atoms with E-state index in [9.17, 15) is 4.79 Å². The van der Waals surface area contributed by atoms with Gasteiger partial charge in [-0.2, -0.15) is 0 Å². The molecule has 0 aliphatic carbocycles. The molecular formula is C19H16ClNO3. The highest BCUT2D eigenvalue weighted by Crippen LogP contribution is 2.36. The SMILES string of the molecule is C#Cc1cccc(NC(=O)C=Cc2cc(Cl)c(OC)c(OC)c2)c1. The average Bonchev–Trinajstić information content (AvgIpc) is 2.59. The number of hydrogen-bond donors (Lipinski definition) is 1. The molecule has 1 N–H and O–H groups in total. The van der Waals surface area contributed by atoms with Gasteiger partial charge in [0.25, 0.3) is 0 Å². The van der Waals surface area contributed by atoms with Crippen LogP contribution in [-0.4, -0.2) is 20.1 Å². The highest BCUT2D eigenvalue weighted by Gasteiger charge is 2.09. The molecule has 2 aromatic carbocycles. The molecule has 0 saturated heterocycles. The number of carbonyl (C=O) groups excluding carboxylic acids is 1. The number of nitrogens with one attached hydrogen (secondary N) is 1. The number of terminal acetylenes is 1. The minimum Gasteiger partial charge on any atom is -0.493 e. The van der Waals surface area contributed by atoms with Crippen LogP contribution in [0.25, 0.3) is 6.08 Å². The maximum atomic E-state index is 12.0. The number of ether oxygens (including phenoxy) is 2. The summed E-state index contributed by atoms with van der Waals surface area (Å²) < 4.78 is 10.4. The maximum absolute atomic E-state index is 12.0. The van der Waals surface area contributed by atoms with E-state index in [0.717, 1.165) is 0 Å². The van der Waals surface area contributed by atoms with E-state index >= 15 is 0 Å². The number of hydrogen-bond acceptors (Lipinski definition) is 3. The van der Waals surface area contributed by atoms with Gasteiger partial charge in [-0.15, -0.1) is 6.42 Å². The average molecular weight is 342 g/mol. The van der Waals surface area contributed by atoms with Gasteiger partial charge >= 0.3 is 0 Å². The number of anilines is 1. The lowest BCUT2D eigenvalue weighted by Gasteiger charge is -2.10. The predicted octanol–water partition coefficient (Wildman–Crippen LogP) is 3.99. The van der Waals surface area contributed by atoms with E-state index in [1.165, 1.54) is 20.3 Å². The standard InChI is InChI=1S/C19H16ClNO3/c1-4-13-6-5-7-15(10-13)21-18(22)9-8-14-11-16(20)19(24-3)17(12-14)23-2/h1,5-12H,2-3H3,(H,21,22). The topological polar surface area (TPSA) is 47.6 Å². The van der Waals surface area contributed by atoms with Crippen LogP contribution < -0.4 is 14.8 Å². The lowest BCUT2D eigenvalue weighted by Crippen LogP contribution is -2.07. The zero-order valence-electron chi connectivity index (χ0n) is 13.3. The fraction of sp³-hybridized carbons (Fsp3) is 0.105. The minimum atomic E-state index is -0.282. The smallest absolute Gasteiger partial charge is 0.248 e. The number of benzene rings is 2. The van der Waals surface area contributed by atoms with E-state index in [-0.39, 0.29) is 5.91 Å². The molecule has 0 saturated carbocycles. The Kier molecular flexibility index (Phi) is 5.89. The Bertz CT molecular complexity index is 822. The van der Waals surface area contributed by atoms with Crippen LogP contribution in [0.5, 0.6) is 11.5 Å². The number of rotatable bonds is 5. The van der Waals surface area contributed by atoms with Gasteiger partial charge in [-0.05, 0) is 42.0 Å². The Morgan fingerprint density at radius 2 is 2.04 bits per heavy atom. The van der Waals surface area contributed by atoms with Gasteiger partial charge in [0.05, 0.1) is 19.2 Å². The zero-order chi connectivity index (χ0) is 17.5. The molecule has 0 fully saturated rings. The summed E-state index contributed by atoms with van der Waals surface area (Å²) >= 11 is 6.13. The molecule has 4 nitrogen and oxygen atoms in total. The highest BCUT2D eigenvalue weighted by molar-refractivity contribution is 6.32. The monoisotopic (exact) mass is 341 g/mol. The molecule has 0 bridgehead atoms. The maximum Gasteiger partial charge on any atom is 0.248 e. The second kappa shape index (κ2) is 8.09. The Balaban J connectivity index is 2.14. The van der Waals surface area contributed by atoms with E-state index < -0.39 is 0 Å². The summed E-state index contributed by atoms with van der Waals surface area (Å²) in [5.41, 5.74) is 2.04. The van der Waals surface area contributed by atoms with Crippen LogP contribution in [0, 0.1) is 12.3 Å². The lowest BCUT2D eigenvalue weighted by atomic mass is 10.1. The predicted molar refractivity (Wildman–Crippen MR) is 96.6 cm³/mol. The van der Waals surface area contributed by atoms with E-state index in [0.29, 0.717) is 33.3 Å². The molecule has 2 aromatic rings. The quantitative estimate of drug-likeness (QED) is 0.660. The normalized spacial score (nSPS) is 10.2. The Labute approximate surface area is 146 Å². The van der Waals surface area contributed by atoms with Gasteiger partial charge in [-0.1, -0.05) is 23.6 Å². The largest absolute Gasteiger partial charge is 0.493 e. The van der Waals surface area contributed by atoms with Crippen LogP contribution in [0.2, 0.25) is 5.02 Å².